The van der Waals surface area contributed by atoms with E-state index in [1.165, 1.54) is 6.07 Å². The fourth-order valence-electron chi connectivity index (χ4n) is 5.36. The highest BCUT2D eigenvalue weighted by atomic mass is 19.1. The number of hydrogen-bond donors (Lipinski definition) is 3. The standard InChI is InChI=1S/C25H26FN7O4/c26-17-11-29-33-20(25(36)28-10-16-12-32-5-3-15(16)4-6-32)8-19(31-23(17)33)24(35)27-9-14-1-2-21-18(7-14)30-22(34)13-37-21/h1-2,7-8,11,15-16H,3-6,9-10,12-13H2,(H,27,35)(H,28,36)(H,30,34)/t16-/m0/s1. The first-order valence-corrected chi connectivity index (χ1v) is 12.3. The van der Waals surface area contributed by atoms with Crippen molar-refractivity contribution in [3.8, 4) is 5.75 Å². The zero-order chi connectivity index (χ0) is 25.5. The van der Waals surface area contributed by atoms with Crippen molar-refractivity contribution < 1.29 is 23.5 Å². The average Bonchev–Trinajstić information content (AvgIpc) is 3.30. The van der Waals surface area contributed by atoms with Gasteiger partial charge in [0, 0.05) is 25.7 Å². The molecule has 192 valence electrons. The van der Waals surface area contributed by atoms with Crippen LogP contribution >= 0.6 is 0 Å². The van der Waals surface area contributed by atoms with Gasteiger partial charge in [0.25, 0.3) is 17.7 Å². The third-order valence-electron chi connectivity index (χ3n) is 7.34. The van der Waals surface area contributed by atoms with Gasteiger partial charge in [0.2, 0.25) is 0 Å². The van der Waals surface area contributed by atoms with E-state index >= 15 is 0 Å². The number of carbonyl (C=O) groups excluding carboxylic acids is 3. The predicted molar refractivity (Wildman–Crippen MR) is 130 cm³/mol. The molecule has 4 aliphatic rings. The van der Waals surface area contributed by atoms with Crippen LogP contribution in [0.5, 0.6) is 5.75 Å². The van der Waals surface area contributed by atoms with Crippen molar-refractivity contribution in [1.82, 2.24) is 30.1 Å². The molecular formula is C25H26FN7O4. The quantitative estimate of drug-likeness (QED) is 0.457. The Morgan fingerprint density at radius 3 is 2.78 bits per heavy atom. The molecule has 2 bridgehead atoms. The maximum Gasteiger partial charge on any atom is 0.270 e. The Morgan fingerprint density at radius 1 is 1.16 bits per heavy atom. The van der Waals surface area contributed by atoms with Crippen molar-refractivity contribution in [3.63, 3.8) is 0 Å². The van der Waals surface area contributed by atoms with Gasteiger partial charge >= 0.3 is 0 Å². The largest absolute Gasteiger partial charge is 0.482 e. The minimum absolute atomic E-state index is 0.0361. The first-order valence-electron chi connectivity index (χ1n) is 12.3. The van der Waals surface area contributed by atoms with Crippen molar-refractivity contribution >= 4 is 29.1 Å². The third kappa shape index (κ3) is 4.59. The summed E-state index contributed by atoms with van der Waals surface area (Å²) >= 11 is 0. The van der Waals surface area contributed by atoms with E-state index in [4.69, 9.17) is 4.74 Å². The number of piperidine rings is 3. The lowest BCUT2D eigenvalue weighted by Crippen LogP contribution is -2.50. The van der Waals surface area contributed by atoms with Crippen LogP contribution in [0, 0.1) is 17.7 Å². The van der Waals surface area contributed by atoms with Crippen molar-refractivity contribution in [1.29, 1.82) is 0 Å². The van der Waals surface area contributed by atoms with E-state index in [0.29, 0.717) is 35.4 Å². The van der Waals surface area contributed by atoms with Gasteiger partial charge in [0.15, 0.2) is 18.1 Å². The molecule has 2 aromatic heterocycles. The van der Waals surface area contributed by atoms with E-state index in [1.54, 1.807) is 18.2 Å². The smallest absolute Gasteiger partial charge is 0.270 e. The molecule has 1 aromatic carbocycles. The van der Waals surface area contributed by atoms with Gasteiger partial charge in [-0.1, -0.05) is 6.07 Å². The fourth-order valence-corrected chi connectivity index (χ4v) is 5.36. The number of aromatic nitrogens is 3. The first-order chi connectivity index (χ1) is 17.9. The van der Waals surface area contributed by atoms with Gasteiger partial charge in [0.05, 0.1) is 11.9 Å². The van der Waals surface area contributed by atoms with Gasteiger partial charge in [-0.15, -0.1) is 0 Å². The molecule has 0 saturated carbocycles. The van der Waals surface area contributed by atoms with Crippen LogP contribution in [-0.2, 0) is 11.3 Å². The molecule has 0 spiro atoms. The molecule has 3 N–H and O–H groups in total. The maximum absolute atomic E-state index is 14.4. The number of carbonyl (C=O) groups is 3. The molecule has 3 amide bonds. The summed E-state index contributed by atoms with van der Waals surface area (Å²) in [6.07, 6.45) is 3.24. The SMILES string of the molecule is O=C1COc2ccc(CNC(=O)c3cc(C(=O)NC[C@H]4CN5CCC4CC5)n4ncc(F)c4n3)cc2N1. The fraction of sp³-hybridized carbons (Fsp3) is 0.400. The number of ether oxygens (including phenoxy) is 1. The van der Waals surface area contributed by atoms with Crippen molar-refractivity contribution in [2.24, 2.45) is 11.8 Å². The zero-order valence-corrected chi connectivity index (χ0v) is 20.0. The highest BCUT2D eigenvalue weighted by Gasteiger charge is 2.34. The van der Waals surface area contributed by atoms with Crippen molar-refractivity contribution in [3.05, 3.63) is 53.2 Å². The summed E-state index contributed by atoms with van der Waals surface area (Å²) in [6, 6.07) is 6.49. The maximum atomic E-state index is 14.4. The van der Waals surface area contributed by atoms with Crippen molar-refractivity contribution in [2.75, 3.05) is 38.1 Å². The minimum atomic E-state index is -0.730. The number of anilines is 1. The zero-order valence-electron chi connectivity index (χ0n) is 20.0. The van der Waals surface area contributed by atoms with Crippen LogP contribution in [0.25, 0.3) is 5.65 Å². The Hall–Kier alpha value is -4.06. The Kier molecular flexibility index (Phi) is 5.95. The summed E-state index contributed by atoms with van der Waals surface area (Å²) in [4.78, 5) is 44.1. The molecule has 3 aromatic rings. The molecule has 11 nitrogen and oxygen atoms in total. The minimum Gasteiger partial charge on any atom is -0.482 e. The van der Waals surface area contributed by atoms with Crippen LogP contribution in [-0.4, -0.2) is 70.0 Å². The number of rotatable bonds is 6. The van der Waals surface area contributed by atoms with Gasteiger partial charge in [-0.2, -0.15) is 5.10 Å². The summed E-state index contributed by atoms with van der Waals surface area (Å²) in [5.41, 5.74) is 0.966. The van der Waals surface area contributed by atoms with Gasteiger partial charge in [-0.25, -0.2) is 13.9 Å². The Bertz CT molecular complexity index is 1400. The van der Waals surface area contributed by atoms with Gasteiger partial charge in [0.1, 0.15) is 17.1 Å². The number of fused-ring (bicyclic) bond motifs is 5. The molecule has 3 fully saturated rings. The molecule has 4 aliphatic heterocycles. The average molecular weight is 508 g/mol. The molecular weight excluding hydrogens is 481 g/mol. The Morgan fingerprint density at radius 2 is 2.00 bits per heavy atom. The lowest BCUT2D eigenvalue weighted by Gasteiger charge is -2.44. The van der Waals surface area contributed by atoms with E-state index in [-0.39, 0.29) is 36.1 Å². The second kappa shape index (κ2) is 9.43. The number of amides is 3. The number of benzene rings is 1. The second-order valence-corrected chi connectivity index (χ2v) is 9.71. The number of hydrogen-bond acceptors (Lipinski definition) is 7. The lowest BCUT2D eigenvalue weighted by atomic mass is 9.79. The molecule has 6 heterocycles. The monoisotopic (exact) mass is 507 g/mol. The molecule has 1 atom stereocenters. The van der Waals surface area contributed by atoms with E-state index in [9.17, 15) is 18.8 Å². The molecule has 37 heavy (non-hydrogen) atoms. The van der Waals surface area contributed by atoms with Gasteiger partial charge in [-0.3, -0.25) is 14.4 Å². The van der Waals surface area contributed by atoms with Gasteiger partial charge < -0.3 is 25.6 Å². The van der Waals surface area contributed by atoms with E-state index in [0.717, 1.165) is 43.2 Å². The molecule has 0 aliphatic carbocycles. The highest BCUT2D eigenvalue weighted by molar-refractivity contribution is 5.98. The Labute approximate surface area is 211 Å². The van der Waals surface area contributed by atoms with E-state index in [2.05, 4.69) is 30.9 Å². The summed E-state index contributed by atoms with van der Waals surface area (Å²) in [5, 5.41) is 12.4. The van der Waals surface area contributed by atoms with Crippen LogP contribution in [0.15, 0.2) is 30.5 Å². The van der Waals surface area contributed by atoms with Crippen LogP contribution in [0.3, 0.4) is 0 Å². The summed E-state index contributed by atoms with van der Waals surface area (Å²) in [6.45, 7) is 3.76. The Balaban J connectivity index is 1.17. The number of nitrogens with zero attached hydrogens (tertiary/aromatic N) is 4. The van der Waals surface area contributed by atoms with Crippen LogP contribution in [0.2, 0.25) is 0 Å². The second-order valence-electron chi connectivity index (χ2n) is 9.71. The molecule has 3 saturated heterocycles. The predicted octanol–water partition coefficient (Wildman–Crippen LogP) is 1.20. The normalized spacial score (nSPS) is 22.2. The van der Waals surface area contributed by atoms with Gasteiger partial charge in [-0.05, 0) is 55.5 Å². The molecule has 7 rings (SSSR count). The summed E-state index contributed by atoms with van der Waals surface area (Å²) < 4.78 is 20.9. The lowest BCUT2D eigenvalue weighted by molar-refractivity contribution is -0.118. The molecule has 12 heteroatoms. The molecule has 0 radical (unpaired) electrons. The topological polar surface area (TPSA) is 130 Å². The van der Waals surface area contributed by atoms with E-state index in [1.807, 2.05) is 0 Å². The van der Waals surface area contributed by atoms with Crippen molar-refractivity contribution in [2.45, 2.75) is 19.4 Å². The number of nitrogens with one attached hydrogen (secondary N) is 3. The summed E-state index contributed by atoms with van der Waals surface area (Å²) in [7, 11) is 0. The van der Waals surface area contributed by atoms with Crippen LogP contribution < -0.4 is 20.7 Å². The number of halogens is 1. The third-order valence-corrected chi connectivity index (χ3v) is 7.34. The molecule has 0 unspecified atom stereocenters. The first kappa shape index (κ1) is 23.3. The van der Waals surface area contributed by atoms with Crippen LogP contribution in [0.1, 0.15) is 39.4 Å². The summed E-state index contributed by atoms with van der Waals surface area (Å²) in [5.74, 6) is -0.492. The van der Waals surface area contributed by atoms with E-state index < -0.39 is 17.6 Å². The van der Waals surface area contributed by atoms with Crippen LogP contribution in [0.4, 0.5) is 10.1 Å². The highest BCUT2D eigenvalue weighted by Crippen LogP contribution is 2.32.